The van der Waals surface area contributed by atoms with Gasteiger partial charge in [-0.1, -0.05) is 5.16 Å². The van der Waals surface area contributed by atoms with Gasteiger partial charge in [-0.25, -0.2) is 0 Å². The summed E-state index contributed by atoms with van der Waals surface area (Å²) in [6.07, 6.45) is 3.22. The summed E-state index contributed by atoms with van der Waals surface area (Å²) in [6.45, 7) is 1.92. The van der Waals surface area contributed by atoms with Gasteiger partial charge in [-0.2, -0.15) is 4.98 Å². The molecule has 2 fully saturated rings. The summed E-state index contributed by atoms with van der Waals surface area (Å²) in [5, 5.41) is 6.47. The fourth-order valence-corrected chi connectivity index (χ4v) is 2.22. The monoisotopic (exact) mass is 250 g/mol. The van der Waals surface area contributed by atoms with Crippen LogP contribution in [0.5, 0.6) is 0 Å². The summed E-state index contributed by atoms with van der Waals surface area (Å²) in [4.78, 5) is 29.6. The molecule has 1 aromatic heterocycles. The first-order valence-corrected chi connectivity index (χ1v) is 6.03. The smallest absolute Gasteiger partial charge is 0.246 e. The zero-order valence-corrected chi connectivity index (χ0v) is 10.00. The van der Waals surface area contributed by atoms with E-state index in [0.29, 0.717) is 11.7 Å². The number of hydrogen-bond donors (Lipinski definition) is 1. The molecule has 1 aromatic rings. The van der Waals surface area contributed by atoms with E-state index in [2.05, 4.69) is 20.0 Å². The molecule has 2 heterocycles. The minimum atomic E-state index is -0.494. The van der Waals surface area contributed by atoms with Crippen LogP contribution in [-0.2, 0) is 16.1 Å². The first-order chi connectivity index (χ1) is 8.66. The largest absolute Gasteiger partial charge is 0.343 e. The van der Waals surface area contributed by atoms with Gasteiger partial charge in [0.15, 0.2) is 5.82 Å². The number of nitrogens with one attached hydrogen (secondary N) is 1. The summed E-state index contributed by atoms with van der Waals surface area (Å²) >= 11 is 0. The van der Waals surface area contributed by atoms with E-state index >= 15 is 0 Å². The molecule has 7 heteroatoms. The third-order valence-electron chi connectivity index (χ3n) is 3.51. The highest BCUT2D eigenvalue weighted by Gasteiger charge is 2.45. The van der Waals surface area contributed by atoms with E-state index in [1.807, 2.05) is 0 Å². The maximum atomic E-state index is 12.3. The number of carbonyl (C=O) groups is 2. The minimum Gasteiger partial charge on any atom is -0.343 e. The first-order valence-electron chi connectivity index (χ1n) is 6.03. The van der Waals surface area contributed by atoms with Crippen molar-refractivity contribution < 1.29 is 14.1 Å². The topological polar surface area (TPSA) is 88.3 Å². The molecule has 1 aliphatic carbocycles. The fraction of sp³-hybridized carbons (Fsp3) is 0.636. The van der Waals surface area contributed by atoms with E-state index < -0.39 is 6.04 Å². The summed E-state index contributed by atoms with van der Waals surface area (Å²) in [5.74, 6) is 0.547. The van der Waals surface area contributed by atoms with E-state index in [4.69, 9.17) is 0 Å². The highest BCUT2D eigenvalue weighted by molar-refractivity contribution is 5.97. The van der Waals surface area contributed by atoms with Crippen molar-refractivity contribution in [2.45, 2.75) is 38.4 Å². The van der Waals surface area contributed by atoms with E-state index in [0.717, 1.165) is 12.8 Å². The molecule has 0 bridgehead atoms. The molecule has 2 amide bonds. The van der Waals surface area contributed by atoms with Crippen LogP contribution < -0.4 is 5.32 Å². The van der Waals surface area contributed by atoms with Gasteiger partial charge in [-0.3, -0.25) is 9.59 Å². The van der Waals surface area contributed by atoms with Crippen LogP contribution in [0.4, 0.5) is 0 Å². The van der Waals surface area contributed by atoms with Crippen LogP contribution in [0.15, 0.2) is 10.9 Å². The molecule has 1 saturated carbocycles. The van der Waals surface area contributed by atoms with Gasteiger partial charge in [0.25, 0.3) is 0 Å². The zero-order valence-electron chi connectivity index (χ0n) is 10.00. The molecular formula is C11H14N4O3. The van der Waals surface area contributed by atoms with Crippen LogP contribution in [0.1, 0.15) is 25.6 Å². The van der Waals surface area contributed by atoms with Gasteiger partial charge in [0.05, 0.1) is 6.54 Å². The summed E-state index contributed by atoms with van der Waals surface area (Å²) < 4.78 is 4.64. The van der Waals surface area contributed by atoms with E-state index in [9.17, 15) is 9.59 Å². The molecular weight excluding hydrogens is 236 g/mol. The Hall–Kier alpha value is -1.92. The summed E-state index contributed by atoms with van der Waals surface area (Å²) in [6, 6.07) is -0.869. The van der Waals surface area contributed by atoms with Crippen LogP contribution in [0.2, 0.25) is 0 Å². The number of nitrogens with zero attached hydrogens (tertiary/aromatic N) is 3. The molecule has 7 nitrogen and oxygen atoms in total. The lowest BCUT2D eigenvalue weighted by molar-refractivity contribution is -0.150. The number of piperazine rings is 1. The first kappa shape index (κ1) is 11.2. The van der Waals surface area contributed by atoms with Crippen molar-refractivity contribution in [2.24, 2.45) is 5.92 Å². The molecule has 1 N–H and O–H groups in total. The molecule has 2 unspecified atom stereocenters. The molecule has 0 aromatic carbocycles. The maximum Gasteiger partial charge on any atom is 0.246 e. The van der Waals surface area contributed by atoms with E-state index in [-0.39, 0.29) is 24.4 Å². The highest BCUT2D eigenvalue weighted by atomic mass is 16.5. The second kappa shape index (κ2) is 4.08. The zero-order chi connectivity index (χ0) is 12.7. The lowest BCUT2D eigenvalue weighted by Gasteiger charge is -2.36. The van der Waals surface area contributed by atoms with Crippen LogP contribution in [0.3, 0.4) is 0 Å². The molecule has 2 aliphatic rings. The van der Waals surface area contributed by atoms with Crippen LogP contribution in [0.25, 0.3) is 0 Å². The Morgan fingerprint density at radius 2 is 2.28 bits per heavy atom. The third kappa shape index (κ3) is 1.85. The molecule has 0 radical (unpaired) electrons. The van der Waals surface area contributed by atoms with Gasteiger partial charge < -0.3 is 14.7 Å². The van der Waals surface area contributed by atoms with Crippen molar-refractivity contribution in [1.29, 1.82) is 0 Å². The number of carbonyl (C=O) groups excluding carboxylic acids is 2. The minimum absolute atomic E-state index is 0.0469. The van der Waals surface area contributed by atoms with Gasteiger partial charge in [-0.15, -0.1) is 0 Å². The van der Waals surface area contributed by atoms with Gasteiger partial charge in [0.2, 0.25) is 18.2 Å². The van der Waals surface area contributed by atoms with Crippen LogP contribution in [-0.4, -0.2) is 38.9 Å². The molecule has 18 heavy (non-hydrogen) atoms. The fourth-order valence-electron chi connectivity index (χ4n) is 2.22. The molecule has 1 saturated heterocycles. The average Bonchev–Trinajstić information content (AvgIpc) is 3.07. The predicted octanol–water partition coefficient (Wildman–Crippen LogP) is -0.305. The van der Waals surface area contributed by atoms with Crippen molar-refractivity contribution in [1.82, 2.24) is 20.4 Å². The number of aromatic nitrogens is 2. The molecule has 3 rings (SSSR count). The Bertz CT molecular complexity index is 469. The van der Waals surface area contributed by atoms with Gasteiger partial charge in [0.1, 0.15) is 12.1 Å². The van der Waals surface area contributed by atoms with Crippen molar-refractivity contribution in [3.63, 3.8) is 0 Å². The lowest BCUT2D eigenvalue weighted by Crippen LogP contribution is -2.62. The second-order valence-electron chi connectivity index (χ2n) is 4.81. The lowest BCUT2D eigenvalue weighted by atomic mass is 10.0. The SMILES string of the molecule is CC1C(=O)NC(C2CC2)C(=O)N1Cc1ncon1. The van der Waals surface area contributed by atoms with Gasteiger partial charge in [0, 0.05) is 0 Å². The van der Waals surface area contributed by atoms with Crippen molar-refractivity contribution in [2.75, 3.05) is 0 Å². The normalized spacial score (nSPS) is 28.4. The van der Waals surface area contributed by atoms with Crippen LogP contribution in [0, 0.1) is 5.92 Å². The number of rotatable bonds is 3. The number of amides is 2. The molecule has 0 spiro atoms. The van der Waals surface area contributed by atoms with Gasteiger partial charge >= 0.3 is 0 Å². The Labute approximate surface area is 104 Å². The van der Waals surface area contributed by atoms with Crippen molar-refractivity contribution in [3.05, 3.63) is 12.2 Å². The van der Waals surface area contributed by atoms with Crippen LogP contribution >= 0.6 is 0 Å². The second-order valence-corrected chi connectivity index (χ2v) is 4.81. The summed E-state index contributed by atoms with van der Waals surface area (Å²) in [7, 11) is 0. The van der Waals surface area contributed by atoms with E-state index in [1.54, 1.807) is 6.92 Å². The quantitative estimate of drug-likeness (QED) is 0.795. The standard InChI is InChI=1S/C11H14N4O3/c1-6-10(16)13-9(7-2-3-7)11(17)15(6)4-8-12-5-18-14-8/h5-7,9H,2-4H2,1H3,(H,13,16). The predicted molar refractivity (Wildman–Crippen MR) is 59.0 cm³/mol. The third-order valence-corrected chi connectivity index (χ3v) is 3.51. The summed E-state index contributed by atoms with van der Waals surface area (Å²) in [5.41, 5.74) is 0. The molecule has 1 aliphatic heterocycles. The van der Waals surface area contributed by atoms with Gasteiger partial charge in [-0.05, 0) is 25.7 Å². The Morgan fingerprint density at radius 1 is 1.50 bits per heavy atom. The molecule has 2 atom stereocenters. The number of hydrogen-bond acceptors (Lipinski definition) is 5. The van der Waals surface area contributed by atoms with E-state index in [1.165, 1.54) is 11.3 Å². The highest BCUT2D eigenvalue weighted by Crippen LogP contribution is 2.35. The average molecular weight is 250 g/mol. The Balaban J connectivity index is 1.80. The van der Waals surface area contributed by atoms with Crippen molar-refractivity contribution >= 4 is 11.8 Å². The molecule has 96 valence electrons. The Morgan fingerprint density at radius 3 is 2.89 bits per heavy atom. The maximum absolute atomic E-state index is 12.3. The Kier molecular flexibility index (Phi) is 2.53. The van der Waals surface area contributed by atoms with Crippen molar-refractivity contribution in [3.8, 4) is 0 Å².